The van der Waals surface area contributed by atoms with Crippen LogP contribution in [-0.2, 0) is 4.74 Å². The van der Waals surface area contributed by atoms with Crippen molar-refractivity contribution >= 4 is 0 Å². The molecule has 0 aliphatic rings. The third-order valence-corrected chi connectivity index (χ3v) is 3.18. The summed E-state index contributed by atoms with van der Waals surface area (Å²) >= 11 is 0. The van der Waals surface area contributed by atoms with Crippen LogP contribution in [0.5, 0.6) is 0 Å². The zero-order chi connectivity index (χ0) is 12.1. The molecule has 0 aromatic heterocycles. The minimum Gasteiger partial charge on any atom is -0.394 e. The van der Waals surface area contributed by atoms with Gasteiger partial charge in [-0.25, -0.2) is 0 Å². The molecule has 0 aliphatic carbocycles. The van der Waals surface area contributed by atoms with Crippen molar-refractivity contribution in [1.82, 2.24) is 0 Å². The number of hydrogen-bond acceptors (Lipinski definition) is 2. The average molecular weight is 230 g/mol. The first-order valence-electron chi connectivity index (χ1n) is 7.03. The van der Waals surface area contributed by atoms with Gasteiger partial charge in [-0.3, -0.25) is 0 Å². The van der Waals surface area contributed by atoms with E-state index in [0.29, 0.717) is 6.61 Å². The van der Waals surface area contributed by atoms with E-state index in [1.54, 1.807) is 0 Å². The van der Waals surface area contributed by atoms with Gasteiger partial charge in [-0.05, 0) is 12.3 Å². The maximum Gasteiger partial charge on any atom is 0.0697 e. The van der Waals surface area contributed by atoms with E-state index in [9.17, 15) is 0 Å². The Morgan fingerprint density at radius 1 is 0.938 bits per heavy atom. The summed E-state index contributed by atoms with van der Waals surface area (Å²) in [5, 5.41) is 8.54. The molecule has 0 fully saturated rings. The summed E-state index contributed by atoms with van der Waals surface area (Å²) in [6, 6.07) is 0. The zero-order valence-electron chi connectivity index (χ0n) is 11.2. The first-order chi connectivity index (χ1) is 7.85. The summed E-state index contributed by atoms with van der Waals surface area (Å²) in [5.41, 5.74) is 0. The van der Waals surface area contributed by atoms with Crippen LogP contribution in [0, 0.1) is 5.92 Å². The number of unbranched alkanes of at least 4 members (excludes halogenated alkanes) is 3. The largest absolute Gasteiger partial charge is 0.394 e. The lowest BCUT2D eigenvalue weighted by Gasteiger charge is -2.14. The maximum absolute atomic E-state index is 8.54. The van der Waals surface area contributed by atoms with Crippen LogP contribution in [0.25, 0.3) is 0 Å². The summed E-state index contributed by atoms with van der Waals surface area (Å²) in [7, 11) is 0. The molecule has 0 radical (unpaired) electrons. The molecule has 98 valence electrons. The Hall–Kier alpha value is -0.0800. The molecule has 0 saturated heterocycles. The minimum absolute atomic E-state index is 0.147. The van der Waals surface area contributed by atoms with Gasteiger partial charge in [0.15, 0.2) is 0 Å². The minimum atomic E-state index is 0.147. The molecule has 0 aromatic rings. The van der Waals surface area contributed by atoms with Crippen molar-refractivity contribution in [3.8, 4) is 0 Å². The number of aliphatic hydroxyl groups is 1. The molecule has 1 atom stereocenters. The topological polar surface area (TPSA) is 29.5 Å². The number of aliphatic hydroxyl groups excluding tert-OH is 1. The fraction of sp³-hybridized carbons (Fsp3) is 1.00. The van der Waals surface area contributed by atoms with Gasteiger partial charge >= 0.3 is 0 Å². The third-order valence-electron chi connectivity index (χ3n) is 3.18. The maximum atomic E-state index is 8.54. The molecule has 0 rings (SSSR count). The molecule has 0 saturated carbocycles. The van der Waals surface area contributed by atoms with E-state index in [1.165, 1.54) is 44.9 Å². The molecule has 2 heteroatoms. The second-order valence-corrected chi connectivity index (χ2v) is 4.60. The highest BCUT2D eigenvalue weighted by atomic mass is 16.5. The van der Waals surface area contributed by atoms with Crippen molar-refractivity contribution < 1.29 is 9.84 Å². The average Bonchev–Trinajstić information content (AvgIpc) is 2.31. The van der Waals surface area contributed by atoms with Crippen LogP contribution in [0.1, 0.15) is 65.2 Å². The highest BCUT2D eigenvalue weighted by Crippen LogP contribution is 2.19. The standard InChI is InChI=1S/C14H30O2/c1-3-5-6-9-14(4-2)10-7-8-12-16-13-11-15/h14-15H,3-13H2,1-2H3. The first-order valence-corrected chi connectivity index (χ1v) is 7.03. The number of hydrogen-bond donors (Lipinski definition) is 1. The normalized spacial score (nSPS) is 12.9. The molecular weight excluding hydrogens is 200 g/mol. The Labute approximate surface area is 101 Å². The first kappa shape index (κ1) is 15.9. The van der Waals surface area contributed by atoms with Gasteiger partial charge in [0.1, 0.15) is 0 Å². The van der Waals surface area contributed by atoms with Crippen LogP contribution in [0.4, 0.5) is 0 Å². The van der Waals surface area contributed by atoms with Crippen LogP contribution in [-0.4, -0.2) is 24.9 Å². The van der Waals surface area contributed by atoms with Gasteiger partial charge in [0.25, 0.3) is 0 Å². The van der Waals surface area contributed by atoms with E-state index < -0.39 is 0 Å². The van der Waals surface area contributed by atoms with Crippen molar-refractivity contribution in [2.24, 2.45) is 5.92 Å². The fourth-order valence-electron chi connectivity index (χ4n) is 2.04. The Morgan fingerprint density at radius 2 is 1.62 bits per heavy atom. The molecule has 0 amide bonds. The van der Waals surface area contributed by atoms with Gasteiger partial charge in [-0.1, -0.05) is 58.8 Å². The summed E-state index contributed by atoms with van der Waals surface area (Å²) in [6.45, 7) is 6.02. The summed E-state index contributed by atoms with van der Waals surface area (Å²) < 4.78 is 5.25. The monoisotopic (exact) mass is 230 g/mol. The smallest absolute Gasteiger partial charge is 0.0697 e. The van der Waals surface area contributed by atoms with Crippen LogP contribution < -0.4 is 0 Å². The zero-order valence-corrected chi connectivity index (χ0v) is 11.2. The Balaban J connectivity index is 3.26. The van der Waals surface area contributed by atoms with Crippen molar-refractivity contribution in [2.45, 2.75) is 65.2 Å². The lowest BCUT2D eigenvalue weighted by atomic mass is 9.93. The molecule has 1 N–H and O–H groups in total. The highest BCUT2D eigenvalue weighted by Gasteiger charge is 2.05. The van der Waals surface area contributed by atoms with E-state index in [2.05, 4.69) is 13.8 Å². The Bertz CT molecular complexity index is 126. The van der Waals surface area contributed by atoms with E-state index in [-0.39, 0.29) is 6.61 Å². The fourth-order valence-corrected chi connectivity index (χ4v) is 2.04. The lowest BCUT2D eigenvalue weighted by molar-refractivity contribution is 0.0888. The van der Waals surface area contributed by atoms with Crippen LogP contribution in [0.15, 0.2) is 0 Å². The Kier molecular flexibility index (Phi) is 12.9. The van der Waals surface area contributed by atoms with Crippen molar-refractivity contribution in [2.75, 3.05) is 19.8 Å². The summed E-state index contributed by atoms with van der Waals surface area (Å²) in [4.78, 5) is 0. The Morgan fingerprint density at radius 3 is 2.19 bits per heavy atom. The van der Waals surface area contributed by atoms with Gasteiger partial charge in [-0.2, -0.15) is 0 Å². The highest BCUT2D eigenvalue weighted by molar-refractivity contribution is 4.58. The molecule has 0 aliphatic heterocycles. The van der Waals surface area contributed by atoms with Crippen LogP contribution >= 0.6 is 0 Å². The summed E-state index contributed by atoms with van der Waals surface area (Å²) in [5.74, 6) is 0.921. The van der Waals surface area contributed by atoms with E-state index in [1.807, 2.05) is 0 Å². The molecule has 0 aromatic carbocycles. The molecule has 16 heavy (non-hydrogen) atoms. The predicted molar refractivity (Wildman–Crippen MR) is 69.7 cm³/mol. The van der Waals surface area contributed by atoms with Crippen molar-refractivity contribution in [3.63, 3.8) is 0 Å². The predicted octanol–water partition coefficient (Wildman–Crippen LogP) is 3.77. The third kappa shape index (κ3) is 10.4. The van der Waals surface area contributed by atoms with E-state index >= 15 is 0 Å². The van der Waals surface area contributed by atoms with Crippen molar-refractivity contribution in [3.05, 3.63) is 0 Å². The second-order valence-electron chi connectivity index (χ2n) is 4.60. The molecular formula is C14H30O2. The van der Waals surface area contributed by atoms with E-state index in [0.717, 1.165) is 18.9 Å². The molecule has 1 unspecified atom stereocenters. The summed E-state index contributed by atoms with van der Waals surface area (Å²) in [6.07, 6.45) is 10.6. The molecule has 0 spiro atoms. The SMILES string of the molecule is CCCCCC(CC)CCCCOCCO. The van der Waals surface area contributed by atoms with Gasteiger partial charge in [0.05, 0.1) is 13.2 Å². The van der Waals surface area contributed by atoms with Gasteiger partial charge in [0, 0.05) is 6.61 Å². The van der Waals surface area contributed by atoms with Gasteiger partial charge < -0.3 is 9.84 Å². The second kappa shape index (κ2) is 13.0. The van der Waals surface area contributed by atoms with Crippen LogP contribution in [0.3, 0.4) is 0 Å². The van der Waals surface area contributed by atoms with Gasteiger partial charge in [0.2, 0.25) is 0 Å². The number of ether oxygens (including phenoxy) is 1. The van der Waals surface area contributed by atoms with Gasteiger partial charge in [-0.15, -0.1) is 0 Å². The molecule has 0 heterocycles. The van der Waals surface area contributed by atoms with E-state index in [4.69, 9.17) is 9.84 Å². The number of rotatable bonds is 12. The quantitative estimate of drug-likeness (QED) is 0.517. The molecule has 0 bridgehead atoms. The lowest BCUT2D eigenvalue weighted by Crippen LogP contribution is -2.03. The van der Waals surface area contributed by atoms with Crippen molar-refractivity contribution in [1.29, 1.82) is 0 Å². The van der Waals surface area contributed by atoms with Crippen LogP contribution in [0.2, 0.25) is 0 Å². The molecule has 2 nitrogen and oxygen atoms in total.